The third-order valence-electron chi connectivity index (χ3n) is 3.89. The van der Waals surface area contributed by atoms with E-state index >= 15 is 0 Å². The van der Waals surface area contributed by atoms with Crippen LogP contribution in [-0.2, 0) is 0 Å². The van der Waals surface area contributed by atoms with Gasteiger partial charge in [-0.3, -0.25) is 4.79 Å². The maximum Gasteiger partial charge on any atom is 0.255 e. The minimum absolute atomic E-state index is 0.0293. The van der Waals surface area contributed by atoms with Gasteiger partial charge in [-0.05, 0) is 11.3 Å². The number of fused-ring (bicyclic) bond motifs is 1. The van der Waals surface area contributed by atoms with Crippen molar-refractivity contribution in [1.82, 2.24) is 9.88 Å². The fourth-order valence-electron chi connectivity index (χ4n) is 2.45. The summed E-state index contributed by atoms with van der Waals surface area (Å²) in [5, 5.41) is 4.99. The quantitative estimate of drug-likeness (QED) is 0.916. The van der Waals surface area contributed by atoms with Crippen LogP contribution in [0.2, 0.25) is 0 Å². The SMILES string of the molecule is CCC(C)CN(C)C(=O)c1cnc(NC)c2ccccc12. The zero-order chi connectivity index (χ0) is 15.4. The van der Waals surface area contributed by atoms with Crippen molar-refractivity contribution in [3.63, 3.8) is 0 Å². The van der Waals surface area contributed by atoms with Crippen molar-refractivity contribution in [1.29, 1.82) is 0 Å². The lowest BCUT2D eigenvalue weighted by Gasteiger charge is -2.21. The Morgan fingerprint density at radius 1 is 1.33 bits per heavy atom. The van der Waals surface area contributed by atoms with Crippen LogP contribution in [-0.4, -0.2) is 36.4 Å². The first kappa shape index (κ1) is 15.3. The first-order valence-electron chi connectivity index (χ1n) is 7.39. The molecule has 21 heavy (non-hydrogen) atoms. The van der Waals surface area contributed by atoms with Crippen LogP contribution in [0.1, 0.15) is 30.6 Å². The lowest BCUT2D eigenvalue weighted by atomic mass is 10.0. The molecule has 1 aromatic heterocycles. The Morgan fingerprint density at radius 2 is 2.00 bits per heavy atom. The number of amides is 1. The Hall–Kier alpha value is -2.10. The summed E-state index contributed by atoms with van der Waals surface area (Å²) >= 11 is 0. The summed E-state index contributed by atoms with van der Waals surface area (Å²) in [6.07, 6.45) is 2.74. The molecule has 0 aliphatic heterocycles. The molecule has 2 rings (SSSR count). The van der Waals surface area contributed by atoms with Crippen molar-refractivity contribution in [2.75, 3.05) is 26.0 Å². The van der Waals surface area contributed by atoms with Crippen molar-refractivity contribution in [2.24, 2.45) is 5.92 Å². The first-order chi connectivity index (χ1) is 10.1. The highest BCUT2D eigenvalue weighted by Gasteiger charge is 2.17. The fourth-order valence-corrected chi connectivity index (χ4v) is 2.45. The molecule has 0 spiro atoms. The average Bonchev–Trinajstić information content (AvgIpc) is 2.52. The van der Waals surface area contributed by atoms with Gasteiger partial charge in [0.1, 0.15) is 5.82 Å². The van der Waals surface area contributed by atoms with Crippen molar-refractivity contribution in [3.8, 4) is 0 Å². The number of hydrogen-bond acceptors (Lipinski definition) is 3. The van der Waals surface area contributed by atoms with Crippen LogP contribution in [0.3, 0.4) is 0 Å². The number of carbonyl (C=O) groups excluding carboxylic acids is 1. The summed E-state index contributed by atoms with van der Waals surface area (Å²) in [7, 11) is 3.70. The maximum atomic E-state index is 12.7. The van der Waals surface area contributed by atoms with E-state index in [4.69, 9.17) is 0 Å². The third kappa shape index (κ3) is 3.15. The van der Waals surface area contributed by atoms with Gasteiger partial charge in [-0.15, -0.1) is 0 Å². The number of pyridine rings is 1. The van der Waals surface area contributed by atoms with Gasteiger partial charge in [-0.2, -0.15) is 0 Å². The van der Waals surface area contributed by atoms with Crippen LogP contribution in [0.4, 0.5) is 5.82 Å². The minimum Gasteiger partial charge on any atom is -0.373 e. The molecule has 0 aliphatic carbocycles. The van der Waals surface area contributed by atoms with E-state index in [-0.39, 0.29) is 5.91 Å². The Balaban J connectivity index is 2.40. The van der Waals surface area contributed by atoms with Gasteiger partial charge in [-0.1, -0.05) is 44.5 Å². The van der Waals surface area contributed by atoms with E-state index < -0.39 is 0 Å². The molecule has 0 aliphatic rings. The highest BCUT2D eigenvalue weighted by molar-refractivity contribution is 6.09. The number of benzene rings is 1. The summed E-state index contributed by atoms with van der Waals surface area (Å²) in [4.78, 5) is 18.8. The lowest BCUT2D eigenvalue weighted by Crippen LogP contribution is -2.31. The number of hydrogen-bond donors (Lipinski definition) is 1. The zero-order valence-electron chi connectivity index (χ0n) is 13.2. The minimum atomic E-state index is 0.0293. The van der Waals surface area contributed by atoms with Crippen LogP contribution in [0, 0.1) is 5.92 Å². The van der Waals surface area contributed by atoms with Gasteiger partial charge in [0.15, 0.2) is 0 Å². The largest absolute Gasteiger partial charge is 0.373 e. The molecule has 0 saturated carbocycles. The van der Waals surface area contributed by atoms with Gasteiger partial charge < -0.3 is 10.2 Å². The second-order valence-electron chi connectivity index (χ2n) is 5.52. The van der Waals surface area contributed by atoms with E-state index in [1.54, 1.807) is 11.1 Å². The normalized spacial score (nSPS) is 12.2. The highest BCUT2D eigenvalue weighted by Crippen LogP contribution is 2.25. The maximum absolute atomic E-state index is 12.7. The topological polar surface area (TPSA) is 45.2 Å². The Bertz CT molecular complexity index is 639. The van der Waals surface area contributed by atoms with E-state index in [0.717, 1.165) is 29.6 Å². The molecule has 1 unspecified atom stereocenters. The Kier molecular flexibility index (Phi) is 4.78. The number of nitrogens with one attached hydrogen (secondary N) is 1. The summed E-state index contributed by atoms with van der Waals surface area (Å²) in [6, 6.07) is 7.87. The van der Waals surface area contributed by atoms with Crippen LogP contribution < -0.4 is 5.32 Å². The van der Waals surface area contributed by atoms with Crippen LogP contribution in [0.25, 0.3) is 10.8 Å². The molecule has 1 atom stereocenters. The van der Waals surface area contributed by atoms with Gasteiger partial charge in [0.05, 0.1) is 5.56 Å². The predicted octanol–water partition coefficient (Wildman–Crippen LogP) is 3.39. The van der Waals surface area contributed by atoms with Crippen LogP contribution in [0.15, 0.2) is 30.5 Å². The van der Waals surface area contributed by atoms with Crippen molar-refractivity contribution >= 4 is 22.5 Å². The summed E-state index contributed by atoms with van der Waals surface area (Å²) in [6.45, 7) is 5.06. The smallest absolute Gasteiger partial charge is 0.255 e. The van der Waals surface area contributed by atoms with E-state index in [0.29, 0.717) is 11.5 Å². The van der Waals surface area contributed by atoms with E-state index in [1.165, 1.54) is 0 Å². The molecule has 1 aromatic carbocycles. The predicted molar refractivity (Wildman–Crippen MR) is 87.7 cm³/mol. The number of nitrogens with zero attached hydrogens (tertiary/aromatic N) is 2. The number of carbonyl (C=O) groups is 1. The molecule has 1 amide bonds. The van der Waals surface area contributed by atoms with E-state index in [9.17, 15) is 4.79 Å². The van der Waals surface area contributed by atoms with E-state index in [1.807, 2.05) is 38.4 Å². The highest BCUT2D eigenvalue weighted by atomic mass is 16.2. The van der Waals surface area contributed by atoms with Crippen LogP contribution in [0.5, 0.6) is 0 Å². The molecule has 0 fully saturated rings. The number of anilines is 1. The van der Waals surface area contributed by atoms with Crippen molar-refractivity contribution in [3.05, 3.63) is 36.0 Å². The molecule has 112 valence electrons. The van der Waals surface area contributed by atoms with Crippen molar-refractivity contribution in [2.45, 2.75) is 20.3 Å². The monoisotopic (exact) mass is 285 g/mol. The molecule has 0 radical (unpaired) electrons. The van der Waals surface area contributed by atoms with Gasteiger partial charge in [0.25, 0.3) is 5.91 Å². The van der Waals surface area contributed by atoms with Crippen LogP contribution >= 0.6 is 0 Å². The molecular weight excluding hydrogens is 262 g/mol. The standard InChI is InChI=1S/C17H23N3O/c1-5-12(2)11-20(4)17(21)15-10-19-16(18-3)14-9-7-6-8-13(14)15/h6-10,12H,5,11H2,1-4H3,(H,18,19). The van der Waals surface area contributed by atoms with Gasteiger partial charge >= 0.3 is 0 Å². The summed E-state index contributed by atoms with van der Waals surface area (Å²) in [5.74, 6) is 1.32. The Labute approximate surface area is 126 Å². The fraction of sp³-hybridized carbons (Fsp3) is 0.412. The molecule has 1 heterocycles. The summed E-state index contributed by atoms with van der Waals surface area (Å²) in [5.41, 5.74) is 0.662. The molecule has 0 saturated heterocycles. The first-order valence-corrected chi connectivity index (χ1v) is 7.39. The number of aromatic nitrogens is 1. The zero-order valence-corrected chi connectivity index (χ0v) is 13.2. The number of rotatable bonds is 5. The average molecular weight is 285 g/mol. The van der Waals surface area contributed by atoms with Gasteiger partial charge in [-0.25, -0.2) is 4.98 Å². The lowest BCUT2D eigenvalue weighted by molar-refractivity contribution is 0.0776. The molecule has 0 bridgehead atoms. The third-order valence-corrected chi connectivity index (χ3v) is 3.89. The van der Waals surface area contributed by atoms with Crippen molar-refractivity contribution < 1.29 is 4.79 Å². The molecule has 1 N–H and O–H groups in total. The molecule has 2 aromatic rings. The molecule has 4 heteroatoms. The Morgan fingerprint density at radius 3 is 2.62 bits per heavy atom. The molecule has 4 nitrogen and oxygen atoms in total. The van der Waals surface area contributed by atoms with E-state index in [2.05, 4.69) is 24.1 Å². The molecular formula is C17H23N3O. The van der Waals surface area contributed by atoms with Gasteiger partial charge in [0.2, 0.25) is 0 Å². The summed E-state index contributed by atoms with van der Waals surface area (Å²) < 4.78 is 0. The second kappa shape index (κ2) is 6.57. The van der Waals surface area contributed by atoms with Gasteiger partial charge in [0, 0.05) is 32.2 Å². The second-order valence-corrected chi connectivity index (χ2v) is 5.52.